The number of benzene rings is 10. The normalized spacial score (nSPS) is 12.2. The zero-order chi connectivity index (χ0) is 40.5. The van der Waals surface area contributed by atoms with Crippen LogP contribution in [0, 0.1) is 0 Å². The minimum atomic E-state index is 1.16. The molecule has 0 spiro atoms. The zero-order valence-electron chi connectivity index (χ0n) is 33.5. The Hall–Kier alpha value is -8.20. The van der Waals surface area contributed by atoms with Gasteiger partial charge in [-0.05, 0) is 204 Å². The Bertz CT molecular complexity index is 3620. The number of hydrogen-bond donors (Lipinski definition) is 0. The van der Waals surface area contributed by atoms with Crippen LogP contribution in [0.5, 0.6) is 0 Å². The van der Waals surface area contributed by atoms with Crippen molar-refractivity contribution in [2.75, 3.05) is 0 Å². The molecule has 0 fully saturated rings. The van der Waals surface area contributed by atoms with E-state index < -0.39 is 0 Å². The van der Waals surface area contributed by atoms with E-state index in [1.165, 1.54) is 132 Å². The molecule has 0 bridgehead atoms. The standard InChI is InChI=1S/C60H34N2/c1-3-9-35(10-4-1)39-17-19-45-51-31-53-47(37-21-25-61-26-22-37)29-56-55(57(53)33-49(51)43-15-7-13-41(39)59(43)45)30-48(38-23-27-62-28-24-38)54-32-52-46-20-18-40(36-11-5-2-6-12-36)42-14-8-16-44(60(42)46)50(52)34-58(54)56/h1-34H. The molecular formula is C60H34N2. The number of hydrogen-bond acceptors (Lipinski definition) is 2. The average Bonchev–Trinajstić information content (AvgIpc) is 3.83. The van der Waals surface area contributed by atoms with Gasteiger partial charge in [0.25, 0.3) is 0 Å². The topological polar surface area (TPSA) is 25.8 Å². The van der Waals surface area contributed by atoms with Gasteiger partial charge < -0.3 is 0 Å². The van der Waals surface area contributed by atoms with Crippen LogP contribution in [0.4, 0.5) is 0 Å². The second-order valence-corrected chi connectivity index (χ2v) is 16.8. The molecule has 2 heteroatoms. The molecule has 0 unspecified atom stereocenters. The molecule has 284 valence electrons. The molecule has 2 aliphatic rings. The van der Waals surface area contributed by atoms with Crippen LogP contribution in [0.3, 0.4) is 0 Å². The maximum Gasteiger partial charge on any atom is 0.0273 e. The number of fused-ring (bicyclic) bond motifs is 11. The van der Waals surface area contributed by atoms with Gasteiger partial charge in [-0.3, -0.25) is 9.97 Å². The summed E-state index contributed by atoms with van der Waals surface area (Å²) in [5.41, 5.74) is 20.1. The number of pyridine rings is 2. The van der Waals surface area contributed by atoms with E-state index in [0.29, 0.717) is 0 Å². The summed E-state index contributed by atoms with van der Waals surface area (Å²) < 4.78 is 0. The molecule has 14 rings (SSSR count). The van der Waals surface area contributed by atoms with Gasteiger partial charge in [0, 0.05) is 24.8 Å². The van der Waals surface area contributed by atoms with Crippen molar-refractivity contribution in [2.45, 2.75) is 0 Å². The summed E-state index contributed by atoms with van der Waals surface area (Å²) in [5, 5.41) is 12.7. The van der Waals surface area contributed by atoms with E-state index in [-0.39, 0.29) is 0 Å². The highest BCUT2D eigenvalue weighted by Crippen LogP contribution is 2.55. The van der Waals surface area contributed by atoms with Gasteiger partial charge in [0.2, 0.25) is 0 Å². The van der Waals surface area contributed by atoms with Crippen molar-refractivity contribution in [2.24, 2.45) is 0 Å². The van der Waals surface area contributed by atoms with Crippen LogP contribution >= 0.6 is 0 Å². The lowest BCUT2D eigenvalue weighted by Crippen LogP contribution is -1.92. The smallest absolute Gasteiger partial charge is 0.0273 e. The lowest BCUT2D eigenvalue weighted by Gasteiger charge is -2.18. The molecule has 0 amide bonds. The third kappa shape index (κ3) is 4.64. The fourth-order valence-electron chi connectivity index (χ4n) is 11.0. The molecule has 0 saturated heterocycles. The van der Waals surface area contributed by atoms with Crippen LogP contribution in [0.25, 0.3) is 143 Å². The highest BCUT2D eigenvalue weighted by Gasteiger charge is 2.28. The average molecular weight is 783 g/mol. The molecule has 2 aromatic heterocycles. The van der Waals surface area contributed by atoms with Crippen molar-refractivity contribution in [3.63, 3.8) is 0 Å². The summed E-state index contributed by atoms with van der Waals surface area (Å²) in [6, 6.07) is 68.0. The molecule has 2 aliphatic carbocycles. The predicted molar refractivity (Wildman–Crippen MR) is 260 cm³/mol. The van der Waals surface area contributed by atoms with Crippen molar-refractivity contribution in [1.29, 1.82) is 0 Å². The van der Waals surface area contributed by atoms with E-state index in [9.17, 15) is 0 Å². The third-order valence-corrected chi connectivity index (χ3v) is 13.7. The van der Waals surface area contributed by atoms with Crippen molar-refractivity contribution in [3.8, 4) is 89.0 Å². The molecule has 2 nitrogen and oxygen atoms in total. The second-order valence-electron chi connectivity index (χ2n) is 16.8. The van der Waals surface area contributed by atoms with Gasteiger partial charge in [-0.2, -0.15) is 0 Å². The number of aromatic nitrogens is 2. The first-order valence-electron chi connectivity index (χ1n) is 21.4. The first-order chi connectivity index (χ1) is 30.8. The van der Waals surface area contributed by atoms with Crippen molar-refractivity contribution in [1.82, 2.24) is 9.97 Å². The Morgan fingerprint density at radius 3 is 0.935 bits per heavy atom. The minimum Gasteiger partial charge on any atom is -0.265 e. The third-order valence-electron chi connectivity index (χ3n) is 13.7. The quantitative estimate of drug-likeness (QED) is 0.166. The summed E-state index contributed by atoms with van der Waals surface area (Å²) in [6.07, 6.45) is 7.66. The van der Waals surface area contributed by atoms with Gasteiger partial charge in [0.15, 0.2) is 0 Å². The molecule has 0 aliphatic heterocycles. The summed E-state index contributed by atoms with van der Waals surface area (Å²) in [5.74, 6) is 0. The highest BCUT2D eigenvalue weighted by molar-refractivity contribution is 6.29. The van der Waals surface area contributed by atoms with Gasteiger partial charge in [-0.1, -0.05) is 121 Å². The van der Waals surface area contributed by atoms with Crippen molar-refractivity contribution < 1.29 is 0 Å². The summed E-state index contributed by atoms with van der Waals surface area (Å²) >= 11 is 0. The fraction of sp³-hybridized carbons (Fsp3) is 0. The Labute approximate surface area is 358 Å². The maximum atomic E-state index is 4.45. The zero-order valence-corrected chi connectivity index (χ0v) is 33.5. The van der Waals surface area contributed by atoms with Gasteiger partial charge in [0.05, 0.1) is 0 Å². The van der Waals surface area contributed by atoms with Crippen LogP contribution in [-0.2, 0) is 0 Å². The fourth-order valence-corrected chi connectivity index (χ4v) is 11.0. The second kappa shape index (κ2) is 12.7. The summed E-state index contributed by atoms with van der Waals surface area (Å²) in [7, 11) is 0. The first-order valence-corrected chi connectivity index (χ1v) is 21.4. The molecule has 0 saturated carbocycles. The Balaban J connectivity index is 1.09. The van der Waals surface area contributed by atoms with Crippen LogP contribution < -0.4 is 0 Å². The van der Waals surface area contributed by atoms with Crippen molar-refractivity contribution >= 4 is 53.9 Å². The molecule has 0 radical (unpaired) electrons. The Morgan fingerprint density at radius 2 is 0.516 bits per heavy atom. The molecule has 0 atom stereocenters. The van der Waals surface area contributed by atoms with E-state index in [2.05, 4.69) is 192 Å². The lowest BCUT2D eigenvalue weighted by atomic mass is 9.85. The van der Waals surface area contributed by atoms with Gasteiger partial charge >= 0.3 is 0 Å². The minimum absolute atomic E-state index is 1.16. The number of rotatable bonds is 4. The first kappa shape index (κ1) is 33.6. The van der Waals surface area contributed by atoms with E-state index in [1.54, 1.807) is 0 Å². The molecule has 2 heterocycles. The van der Waals surface area contributed by atoms with E-state index in [1.807, 2.05) is 24.8 Å². The number of nitrogens with zero attached hydrogens (tertiary/aromatic N) is 2. The predicted octanol–water partition coefficient (Wildman–Crippen LogP) is 16.2. The summed E-state index contributed by atoms with van der Waals surface area (Å²) in [4.78, 5) is 8.90. The van der Waals surface area contributed by atoms with Crippen LogP contribution in [0.2, 0.25) is 0 Å². The van der Waals surface area contributed by atoms with E-state index in [4.69, 9.17) is 0 Å². The van der Waals surface area contributed by atoms with Crippen molar-refractivity contribution in [3.05, 3.63) is 207 Å². The molecule has 12 aromatic rings. The molecule has 0 N–H and O–H groups in total. The van der Waals surface area contributed by atoms with Gasteiger partial charge in [0.1, 0.15) is 0 Å². The maximum absolute atomic E-state index is 4.45. The van der Waals surface area contributed by atoms with Crippen LogP contribution in [-0.4, -0.2) is 9.97 Å². The lowest BCUT2D eigenvalue weighted by molar-refractivity contribution is 1.33. The SMILES string of the molecule is c1ccc(-c2ccc3c4c(cccc24)-c2cc4c(cc2-3)c(-c2ccncc2)cc2c3cc5c(cc3c(-c3ccncc3)cc42)-c2ccc(-c3ccccc3)c3cccc-5c23)cc1. The van der Waals surface area contributed by atoms with Crippen LogP contribution in [0.1, 0.15) is 0 Å². The molecule has 62 heavy (non-hydrogen) atoms. The van der Waals surface area contributed by atoms with E-state index >= 15 is 0 Å². The van der Waals surface area contributed by atoms with Gasteiger partial charge in [-0.15, -0.1) is 0 Å². The highest BCUT2D eigenvalue weighted by atomic mass is 14.6. The largest absolute Gasteiger partial charge is 0.265 e. The molecular weight excluding hydrogens is 749 g/mol. The Kier molecular flexibility index (Phi) is 6.86. The van der Waals surface area contributed by atoms with Gasteiger partial charge in [-0.25, -0.2) is 0 Å². The molecule has 10 aromatic carbocycles. The van der Waals surface area contributed by atoms with Crippen LogP contribution in [0.15, 0.2) is 207 Å². The summed E-state index contributed by atoms with van der Waals surface area (Å²) in [6.45, 7) is 0. The Morgan fingerprint density at radius 1 is 0.194 bits per heavy atom. The monoisotopic (exact) mass is 782 g/mol. The van der Waals surface area contributed by atoms with E-state index in [0.717, 1.165) is 11.1 Å².